The predicted octanol–water partition coefficient (Wildman–Crippen LogP) is 7.46. The third kappa shape index (κ3) is 6.71. The van der Waals surface area contributed by atoms with Gasteiger partial charge in [0.25, 0.3) is 0 Å². The summed E-state index contributed by atoms with van der Waals surface area (Å²) in [7, 11) is 0. The normalized spacial score (nSPS) is 15.8. The maximum atomic E-state index is 11.2. The molecule has 5 aromatic carbocycles. The highest BCUT2D eigenvalue weighted by Gasteiger charge is 2.32. The molecular weight excluding hydrogens is 512 g/mol. The van der Waals surface area contributed by atoms with Gasteiger partial charge in [-0.25, -0.2) is 0 Å². The molecule has 1 aliphatic rings. The second-order valence-electron chi connectivity index (χ2n) is 10.1. The Kier molecular flexibility index (Phi) is 8.15. The van der Waals surface area contributed by atoms with Gasteiger partial charge in [-0.3, -0.25) is 0 Å². The van der Waals surface area contributed by atoms with Gasteiger partial charge in [-0.2, -0.15) is 0 Å². The Morgan fingerprint density at radius 2 is 1.10 bits per heavy atom. The fourth-order valence-electron chi connectivity index (χ4n) is 4.91. The zero-order valence-electron chi connectivity index (χ0n) is 22.7. The molecule has 5 heteroatoms. The number of aliphatic hydroxyl groups excluding tert-OH is 1. The first-order valence-electron chi connectivity index (χ1n) is 13.8. The fraction of sp³-hybridized carbons (Fsp3) is 0.167. The molecule has 0 saturated heterocycles. The Morgan fingerprint density at radius 3 is 1.66 bits per heavy atom. The smallest absolute Gasteiger partial charge is 0.150 e. The molecule has 0 aliphatic carbocycles. The van der Waals surface area contributed by atoms with E-state index < -0.39 is 12.2 Å². The zero-order chi connectivity index (χ0) is 27.9. The van der Waals surface area contributed by atoms with Crippen molar-refractivity contribution in [1.29, 1.82) is 0 Å². The summed E-state index contributed by atoms with van der Waals surface area (Å²) in [6, 6.07) is 41.6. The van der Waals surface area contributed by atoms with Crippen molar-refractivity contribution in [3.8, 4) is 23.0 Å². The number of rotatable bonds is 10. The summed E-state index contributed by atoms with van der Waals surface area (Å²) in [6.45, 7) is 1.32. The molecule has 0 fully saturated rings. The molecule has 1 aliphatic heterocycles. The standard InChI is InChI=1S/C36H32O5/c37-33-22-32-34(40-25-28-14-8-3-9-15-28)20-31(39-24-27-12-6-2-7-13-27)21-35(32)41-36(33)29-16-18-30(19-17-29)38-23-26-10-4-1-5-11-26/h1-21,33,36-37H,22-25H2/t33-,36+/m1/s1. The highest BCUT2D eigenvalue weighted by Crippen LogP contribution is 2.43. The van der Waals surface area contributed by atoms with E-state index in [4.69, 9.17) is 18.9 Å². The summed E-state index contributed by atoms with van der Waals surface area (Å²) in [5, 5.41) is 11.2. The number of hydrogen-bond acceptors (Lipinski definition) is 5. The van der Waals surface area contributed by atoms with Crippen molar-refractivity contribution >= 4 is 0 Å². The minimum Gasteiger partial charge on any atom is -0.489 e. The van der Waals surface area contributed by atoms with Gasteiger partial charge < -0.3 is 24.1 Å². The third-order valence-electron chi connectivity index (χ3n) is 7.10. The molecule has 0 spiro atoms. The molecule has 1 heterocycles. The number of ether oxygens (including phenoxy) is 4. The SMILES string of the molecule is O[C@@H]1Cc2c(OCc3ccccc3)cc(OCc3ccccc3)cc2O[C@H]1c1ccc(OCc2ccccc2)cc1. The van der Waals surface area contributed by atoms with Crippen molar-refractivity contribution in [2.24, 2.45) is 0 Å². The monoisotopic (exact) mass is 544 g/mol. The van der Waals surface area contributed by atoms with Crippen LogP contribution in [0.4, 0.5) is 0 Å². The van der Waals surface area contributed by atoms with Gasteiger partial charge in [0.15, 0.2) is 0 Å². The lowest BCUT2D eigenvalue weighted by molar-refractivity contribution is 0.0194. The Hall–Kier alpha value is -4.74. The van der Waals surface area contributed by atoms with Crippen molar-refractivity contribution in [3.63, 3.8) is 0 Å². The van der Waals surface area contributed by atoms with Gasteiger partial charge in [0.1, 0.15) is 48.9 Å². The molecule has 1 N–H and O–H groups in total. The molecule has 5 aromatic rings. The van der Waals surface area contributed by atoms with E-state index in [1.807, 2.05) is 127 Å². The Balaban J connectivity index is 1.21. The van der Waals surface area contributed by atoms with Crippen LogP contribution in [0, 0.1) is 0 Å². The predicted molar refractivity (Wildman–Crippen MR) is 158 cm³/mol. The van der Waals surface area contributed by atoms with Crippen LogP contribution in [-0.2, 0) is 26.2 Å². The Morgan fingerprint density at radius 1 is 0.585 bits per heavy atom. The summed E-state index contributed by atoms with van der Waals surface area (Å²) in [6.07, 6.45) is -0.874. The first-order chi connectivity index (χ1) is 20.2. The molecule has 0 aromatic heterocycles. The second-order valence-corrected chi connectivity index (χ2v) is 10.1. The van der Waals surface area contributed by atoms with Crippen molar-refractivity contribution in [1.82, 2.24) is 0 Å². The lowest BCUT2D eigenvalue weighted by Gasteiger charge is -2.32. The van der Waals surface area contributed by atoms with E-state index >= 15 is 0 Å². The van der Waals surface area contributed by atoms with Crippen molar-refractivity contribution in [2.75, 3.05) is 0 Å². The van der Waals surface area contributed by atoms with E-state index in [9.17, 15) is 5.11 Å². The van der Waals surface area contributed by atoms with Gasteiger partial charge in [0.2, 0.25) is 0 Å². The zero-order valence-corrected chi connectivity index (χ0v) is 22.7. The Labute approximate surface area is 240 Å². The molecule has 41 heavy (non-hydrogen) atoms. The first kappa shape index (κ1) is 26.5. The van der Waals surface area contributed by atoms with Crippen molar-refractivity contribution < 1.29 is 24.1 Å². The summed E-state index contributed by atoms with van der Waals surface area (Å²) in [5.41, 5.74) is 4.94. The van der Waals surface area contributed by atoms with E-state index in [1.54, 1.807) is 0 Å². The van der Waals surface area contributed by atoms with E-state index in [1.165, 1.54) is 0 Å². The summed E-state index contributed by atoms with van der Waals surface area (Å²) in [4.78, 5) is 0. The van der Waals surface area contributed by atoms with Crippen LogP contribution < -0.4 is 18.9 Å². The Bertz CT molecular complexity index is 1540. The molecule has 0 radical (unpaired) electrons. The molecule has 6 rings (SSSR count). The topological polar surface area (TPSA) is 57.2 Å². The molecule has 0 amide bonds. The molecule has 0 unspecified atom stereocenters. The maximum absolute atomic E-state index is 11.2. The molecule has 0 saturated carbocycles. The van der Waals surface area contributed by atoms with Crippen LogP contribution in [-0.4, -0.2) is 11.2 Å². The van der Waals surface area contributed by atoms with Gasteiger partial charge in [-0.15, -0.1) is 0 Å². The van der Waals surface area contributed by atoms with E-state index in [2.05, 4.69) is 0 Å². The van der Waals surface area contributed by atoms with Crippen molar-refractivity contribution in [3.05, 3.63) is 155 Å². The van der Waals surface area contributed by atoms with Gasteiger partial charge in [0.05, 0.1) is 6.10 Å². The third-order valence-corrected chi connectivity index (χ3v) is 7.10. The minimum absolute atomic E-state index is 0.398. The van der Waals surface area contributed by atoms with Gasteiger partial charge in [-0.05, 0) is 34.4 Å². The van der Waals surface area contributed by atoms with Crippen LogP contribution in [0.25, 0.3) is 0 Å². The van der Waals surface area contributed by atoms with E-state index in [0.29, 0.717) is 43.5 Å². The van der Waals surface area contributed by atoms with E-state index in [0.717, 1.165) is 33.6 Å². The molecular formula is C36H32O5. The van der Waals surface area contributed by atoms with E-state index in [-0.39, 0.29) is 0 Å². The number of hydrogen-bond donors (Lipinski definition) is 1. The number of aliphatic hydroxyl groups is 1. The minimum atomic E-state index is -0.742. The van der Waals surface area contributed by atoms with Crippen LogP contribution >= 0.6 is 0 Å². The molecule has 206 valence electrons. The fourth-order valence-corrected chi connectivity index (χ4v) is 4.91. The first-order valence-corrected chi connectivity index (χ1v) is 13.8. The molecule has 0 bridgehead atoms. The highest BCUT2D eigenvalue weighted by molar-refractivity contribution is 5.53. The second kappa shape index (κ2) is 12.6. The highest BCUT2D eigenvalue weighted by atomic mass is 16.5. The lowest BCUT2D eigenvalue weighted by Crippen LogP contribution is -2.30. The van der Waals surface area contributed by atoms with Gasteiger partial charge in [-0.1, -0.05) is 103 Å². The average molecular weight is 545 g/mol. The summed E-state index contributed by atoms with van der Waals surface area (Å²) < 4.78 is 24.8. The van der Waals surface area contributed by atoms with Crippen LogP contribution in [0.3, 0.4) is 0 Å². The van der Waals surface area contributed by atoms with Crippen molar-refractivity contribution in [2.45, 2.75) is 38.4 Å². The number of benzene rings is 5. The largest absolute Gasteiger partial charge is 0.489 e. The van der Waals surface area contributed by atoms with Crippen LogP contribution in [0.15, 0.2) is 127 Å². The average Bonchev–Trinajstić information content (AvgIpc) is 3.03. The lowest BCUT2D eigenvalue weighted by atomic mass is 9.94. The van der Waals surface area contributed by atoms with Crippen LogP contribution in [0.2, 0.25) is 0 Å². The van der Waals surface area contributed by atoms with Crippen LogP contribution in [0.5, 0.6) is 23.0 Å². The summed E-state index contributed by atoms with van der Waals surface area (Å²) in [5.74, 6) is 2.71. The maximum Gasteiger partial charge on any atom is 0.150 e. The van der Waals surface area contributed by atoms with Crippen LogP contribution in [0.1, 0.15) is 33.9 Å². The molecule has 2 atom stereocenters. The van der Waals surface area contributed by atoms with Gasteiger partial charge >= 0.3 is 0 Å². The molecule has 5 nitrogen and oxygen atoms in total. The summed E-state index contributed by atoms with van der Waals surface area (Å²) >= 11 is 0. The number of fused-ring (bicyclic) bond motifs is 1. The quantitative estimate of drug-likeness (QED) is 0.198. The van der Waals surface area contributed by atoms with Gasteiger partial charge in [0, 0.05) is 24.1 Å².